The van der Waals surface area contributed by atoms with Crippen LogP contribution in [0, 0.1) is 10.1 Å². The molecular formula is C16H19N3O5. The normalized spacial score (nSPS) is 17.1. The Labute approximate surface area is 139 Å². The number of non-ortho nitro benzene ring substituents is 1. The second-order valence-electron chi connectivity index (χ2n) is 5.41. The number of benzene rings is 1. The molecule has 1 aromatic rings. The summed E-state index contributed by atoms with van der Waals surface area (Å²) < 4.78 is 5.24. The van der Waals surface area contributed by atoms with Gasteiger partial charge in [0.1, 0.15) is 0 Å². The Morgan fingerprint density at radius 2 is 2.17 bits per heavy atom. The van der Waals surface area contributed by atoms with Gasteiger partial charge in [0.2, 0.25) is 0 Å². The van der Waals surface area contributed by atoms with Gasteiger partial charge in [-0.05, 0) is 18.9 Å². The summed E-state index contributed by atoms with van der Waals surface area (Å²) in [7, 11) is 0. The molecule has 8 nitrogen and oxygen atoms in total. The Balaban J connectivity index is 2.36. The molecule has 0 spiro atoms. The number of ether oxygens (including phenoxy) is 1. The summed E-state index contributed by atoms with van der Waals surface area (Å²) in [4.78, 5) is 34.6. The van der Waals surface area contributed by atoms with Gasteiger partial charge in [0.15, 0.2) is 0 Å². The zero-order chi connectivity index (χ0) is 17.7. The maximum atomic E-state index is 12.4. The van der Waals surface area contributed by atoms with Gasteiger partial charge in [-0.2, -0.15) is 0 Å². The summed E-state index contributed by atoms with van der Waals surface area (Å²) in [6.07, 6.45) is 1.62. The van der Waals surface area contributed by atoms with E-state index in [0.29, 0.717) is 11.3 Å². The van der Waals surface area contributed by atoms with Gasteiger partial charge in [-0.1, -0.05) is 25.5 Å². The van der Waals surface area contributed by atoms with Crippen LogP contribution in [0.1, 0.15) is 38.3 Å². The van der Waals surface area contributed by atoms with Crippen molar-refractivity contribution in [2.24, 2.45) is 0 Å². The van der Waals surface area contributed by atoms with E-state index in [4.69, 9.17) is 4.74 Å². The van der Waals surface area contributed by atoms with Crippen LogP contribution in [0.5, 0.6) is 0 Å². The summed E-state index contributed by atoms with van der Waals surface area (Å²) in [5.74, 6) is -0.551. The van der Waals surface area contributed by atoms with Crippen molar-refractivity contribution in [2.75, 3.05) is 6.61 Å². The van der Waals surface area contributed by atoms with Gasteiger partial charge in [0.05, 0.1) is 23.1 Å². The van der Waals surface area contributed by atoms with Crippen molar-refractivity contribution in [1.29, 1.82) is 0 Å². The number of hydrogen-bond acceptors (Lipinski definition) is 5. The number of carbonyl (C=O) groups excluding carboxylic acids is 2. The highest BCUT2D eigenvalue weighted by atomic mass is 16.6. The van der Waals surface area contributed by atoms with Crippen molar-refractivity contribution >= 4 is 17.7 Å². The fraction of sp³-hybridized carbons (Fsp3) is 0.375. The monoisotopic (exact) mass is 333 g/mol. The summed E-state index contributed by atoms with van der Waals surface area (Å²) >= 11 is 0. The molecule has 0 radical (unpaired) electrons. The Morgan fingerprint density at radius 1 is 1.42 bits per heavy atom. The van der Waals surface area contributed by atoms with Crippen LogP contribution in [0.2, 0.25) is 0 Å². The zero-order valence-electron chi connectivity index (χ0n) is 13.5. The number of esters is 1. The third-order valence-electron chi connectivity index (χ3n) is 3.63. The molecule has 128 valence electrons. The van der Waals surface area contributed by atoms with Crippen molar-refractivity contribution in [1.82, 2.24) is 10.6 Å². The third-order valence-corrected chi connectivity index (χ3v) is 3.63. The topological polar surface area (TPSA) is 111 Å². The standard InChI is InChI=1S/C16H19N3O5/c1-3-4-8-24-15(20)13-10(2)17-16(21)18-14(13)11-6-5-7-12(9-11)19(22)23/h5-7,9,14H,3-4,8H2,1-2H3,(H2,17,18,21)/t14-/m1/s1. The average molecular weight is 333 g/mol. The second kappa shape index (κ2) is 7.58. The minimum absolute atomic E-state index is 0.114. The van der Waals surface area contributed by atoms with Gasteiger partial charge in [0, 0.05) is 17.8 Å². The van der Waals surface area contributed by atoms with Gasteiger partial charge in [-0.25, -0.2) is 9.59 Å². The third kappa shape index (κ3) is 3.89. The van der Waals surface area contributed by atoms with Crippen LogP contribution in [0.15, 0.2) is 35.5 Å². The molecule has 2 amide bonds. The number of urea groups is 1. The summed E-state index contributed by atoms with van der Waals surface area (Å²) in [5, 5.41) is 16.1. The second-order valence-corrected chi connectivity index (χ2v) is 5.41. The largest absolute Gasteiger partial charge is 0.462 e. The highest BCUT2D eigenvalue weighted by molar-refractivity contribution is 5.95. The minimum Gasteiger partial charge on any atom is -0.462 e. The molecular weight excluding hydrogens is 314 g/mol. The van der Waals surface area contributed by atoms with E-state index in [2.05, 4.69) is 10.6 Å². The summed E-state index contributed by atoms with van der Waals surface area (Å²) in [6.45, 7) is 3.86. The van der Waals surface area contributed by atoms with Crippen molar-refractivity contribution in [3.05, 3.63) is 51.2 Å². The number of rotatable bonds is 6. The van der Waals surface area contributed by atoms with E-state index in [1.165, 1.54) is 18.2 Å². The number of hydrogen-bond donors (Lipinski definition) is 2. The minimum atomic E-state index is -0.798. The van der Waals surface area contributed by atoms with Crippen LogP contribution in [-0.2, 0) is 9.53 Å². The van der Waals surface area contributed by atoms with E-state index in [0.717, 1.165) is 12.8 Å². The number of nitro benzene ring substituents is 1. The molecule has 1 heterocycles. The zero-order valence-corrected chi connectivity index (χ0v) is 13.5. The predicted molar refractivity (Wildman–Crippen MR) is 86.1 cm³/mol. The molecule has 0 saturated heterocycles. The van der Waals surface area contributed by atoms with E-state index in [9.17, 15) is 19.7 Å². The SMILES string of the molecule is CCCCOC(=O)C1=C(C)NC(=O)N[C@@H]1c1cccc([N+](=O)[O-])c1. The van der Waals surface area contributed by atoms with E-state index >= 15 is 0 Å². The molecule has 0 unspecified atom stereocenters. The van der Waals surface area contributed by atoms with Gasteiger partial charge in [-0.15, -0.1) is 0 Å². The first-order valence-corrected chi connectivity index (χ1v) is 7.63. The van der Waals surface area contributed by atoms with E-state index in [1.807, 2.05) is 6.92 Å². The first-order valence-electron chi connectivity index (χ1n) is 7.63. The number of nitrogens with zero attached hydrogens (tertiary/aromatic N) is 1. The van der Waals surface area contributed by atoms with Crippen LogP contribution in [0.4, 0.5) is 10.5 Å². The van der Waals surface area contributed by atoms with E-state index in [1.54, 1.807) is 13.0 Å². The van der Waals surface area contributed by atoms with Crippen molar-refractivity contribution in [3.8, 4) is 0 Å². The molecule has 0 saturated carbocycles. The highest BCUT2D eigenvalue weighted by Gasteiger charge is 2.32. The lowest BCUT2D eigenvalue weighted by molar-refractivity contribution is -0.384. The Hall–Kier alpha value is -2.90. The molecule has 0 fully saturated rings. The summed E-state index contributed by atoms with van der Waals surface area (Å²) in [6, 6.07) is 4.54. The Kier molecular flexibility index (Phi) is 5.51. The van der Waals surface area contributed by atoms with Crippen molar-refractivity contribution in [2.45, 2.75) is 32.7 Å². The van der Waals surface area contributed by atoms with E-state index < -0.39 is 23.0 Å². The molecule has 1 atom stereocenters. The number of unbranched alkanes of at least 4 members (excludes halogenated alkanes) is 1. The molecule has 0 aliphatic carbocycles. The van der Waals surface area contributed by atoms with Crippen LogP contribution in [0.3, 0.4) is 0 Å². The molecule has 2 rings (SSSR count). The highest BCUT2D eigenvalue weighted by Crippen LogP contribution is 2.29. The van der Waals surface area contributed by atoms with Crippen molar-refractivity contribution < 1.29 is 19.2 Å². The van der Waals surface area contributed by atoms with Crippen LogP contribution in [-0.4, -0.2) is 23.5 Å². The maximum absolute atomic E-state index is 12.4. The molecule has 0 aromatic heterocycles. The first kappa shape index (κ1) is 17.5. The first-order chi connectivity index (χ1) is 11.4. The lowest BCUT2D eigenvalue weighted by Gasteiger charge is -2.28. The molecule has 1 aliphatic heterocycles. The lowest BCUT2D eigenvalue weighted by atomic mass is 9.95. The number of carbonyl (C=O) groups is 2. The van der Waals surface area contributed by atoms with Gasteiger partial charge >= 0.3 is 12.0 Å². The van der Waals surface area contributed by atoms with Gasteiger partial charge < -0.3 is 15.4 Å². The fourth-order valence-corrected chi connectivity index (χ4v) is 2.42. The number of nitrogens with one attached hydrogen (secondary N) is 2. The van der Waals surface area contributed by atoms with Crippen molar-refractivity contribution in [3.63, 3.8) is 0 Å². The van der Waals surface area contributed by atoms with Gasteiger partial charge in [0.25, 0.3) is 5.69 Å². The van der Waals surface area contributed by atoms with Crippen LogP contribution in [0.25, 0.3) is 0 Å². The number of nitro groups is 1. The molecule has 1 aromatic carbocycles. The lowest BCUT2D eigenvalue weighted by Crippen LogP contribution is -2.45. The quantitative estimate of drug-likeness (QED) is 0.360. The van der Waals surface area contributed by atoms with Crippen LogP contribution < -0.4 is 10.6 Å². The smallest absolute Gasteiger partial charge is 0.338 e. The number of allylic oxidation sites excluding steroid dienone is 1. The molecule has 2 N–H and O–H groups in total. The Bertz CT molecular complexity index is 699. The fourth-order valence-electron chi connectivity index (χ4n) is 2.42. The predicted octanol–water partition coefficient (Wildman–Crippen LogP) is 2.57. The average Bonchev–Trinajstić information content (AvgIpc) is 2.54. The molecule has 1 aliphatic rings. The molecule has 0 bridgehead atoms. The van der Waals surface area contributed by atoms with E-state index in [-0.39, 0.29) is 17.9 Å². The number of amides is 2. The van der Waals surface area contributed by atoms with Crippen LogP contribution >= 0.6 is 0 Å². The van der Waals surface area contributed by atoms with Gasteiger partial charge in [-0.3, -0.25) is 10.1 Å². The molecule has 24 heavy (non-hydrogen) atoms. The maximum Gasteiger partial charge on any atom is 0.338 e. The summed E-state index contributed by atoms with van der Waals surface area (Å²) in [5.41, 5.74) is 0.945. The Morgan fingerprint density at radius 3 is 2.83 bits per heavy atom. The molecule has 8 heteroatoms.